The maximum atomic E-state index is 8.70. The van der Waals surface area contributed by atoms with Gasteiger partial charge in [0.2, 0.25) is 0 Å². The molecule has 4 aromatic rings. The first-order valence-electron chi connectivity index (χ1n) is 9.56. The van der Waals surface area contributed by atoms with Gasteiger partial charge in [-0.25, -0.2) is 0 Å². The number of nitrogens with one attached hydrogen (secondary N) is 2. The van der Waals surface area contributed by atoms with Crippen LogP contribution in [0.3, 0.4) is 0 Å². The van der Waals surface area contributed by atoms with Crippen LogP contribution in [0.5, 0.6) is 5.75 Å². The van der Waals surface area contributed by atoms with Crippen molar-refractivity contribution in [2.75, 3.05) is 24.4 Å². The van der Waals surface area contributed by atoms with Crippen LogP contribution in [0, 0.1) is 5.41 Å². The van der Waals surface area contributed by atoms with Gasteiger partial charge in [0.05, 0.1) is 12.8 Å². The van der Waals surface area contributed by atoms with Crippen molar-refractivity contribution in [2.24, 2.45) is 0 Å². The third-order valence-corrected chi connectivity index (χ3v) is 5.58. The standard InChI is InChI=1S/C25H21N3O/c1-28(22-14-11-17-7-5-6-16-10-12-20(22)24(16)17)25(26)27-21-13-15-23(29-2)19-9-4-3-8-18(19)21/h3-15H,1-2H3,(H2,26,27). The summed E-state index contributed by atoms with van der Waals surface area (Å²) >= 11 is 0. The second-order valence-corrected chi connectivity index (χ2v) is 7.17. The average Bonchev–Trinajstić information content (AvgIpc) is 3.20. The number of fused-ring (bicyclic) bond motifs is 1. The van der Waals surface area contributed by atoms with Gasteiger partial charge in [-0.2, -0.15) is 0 Å². The van der Waals surface area contributed by atoms with Gasteiger partial charge in [0.25, 0.3) is 0 Å². The topological polar surface area (TPSA) is 48.4 Å². The third-order valence-electron chi connectivity index (χ3n) is 5.58. The molecule has 0 saturated carbocycles. The fourth-order valence-corrected chi connectivity index (χ4v) is 4.09. The Morgan fingerprint density at radius 2 is 1.72 bits per heavy atom. The van der Waals surface area contributed by atoms with Gasteiger partial charge in [-0.05, 0) is 34.5 Å². The van der Waals surface area contributed by atoms with Crippen molar-refractivity contribution < 1.29 is 4.74 Å². The summed E-state index contributed by atoms with van der Waals surface area (Å²) in [6, 6.07) is 22.5. The molecule has 0 unspecified atom stereocenters. The average molecular weight is 379 g/mol. The van der Waals surface area contributed by atoms with E-state index in [4.69, 9.17) is 10.1 Å². The summed E-state index contributed by atoms with van der Waals surface area (Å²) in [5.74, 6) is 1.14. The van der Waals surface area contributed by atoms with Gasteiger partial charge < -0.3 is 15.0 Å². The molecule has 0 bridgehead atoms. The molecule has 0 aliphatic heterocycles. The second-order valence-electron chi connectivity index (χ2n) is 7.17. The summed E-state index contributed by atoms with van der Waals surface area (Å²) in [6.07, 6.45) is 4.28. The molecule has 4 aromatic carbocycles. The van der Waals surface area contributed by atoms with Gasteiger partial charge in [0.15, 0.2) is 5.96 Å². The van der Waals surface area contributed by atoms with Crippen molar-refractivity contribution in [3.05, 3.63) is 77.9 Å². The van der Waals surface area contributed by atoms with Crippen LogP contribution in [0.4, 0.5) is 11.4 Å². The fourth-order valence-electron chi connectivity index (χ4n) is 4.09. The highest BCUT2D eigenvalue weighted by Gasteiger charge is 2.18. The zero-order chi connectivity index (χ0) is 20.0. The van der Waals surface area contributed by atoms with Crippen molar-refractivity contribution in [1.82, 2.24) is 0 Å². The number of hydrogen-bond donors (Lipinski definition) is 2. The first-order valence-corrected chi connectivity index (χ1v) is 9.56. The zero-order valence-corrected chi connectivity index (χ0v) is 16.4. The molecule has 29 heavy (non-hydrogen) atoms. The Morgan fingerprint density at radius 1 is 0.897 bits per heavy atom. The fraction of sp³-hybridized carbons (Fsp3) is 0.0800. The molecule has 2 N–H and O–H groups in total. The van der Waals surface area contributed by atoms with Crippen molar-refractivity contribution in [3.8, 4) is 5.75 Å². The first-order chi connectivity index (χ1) is 14.2. The van der Waals surface area contributed by atoms with Crippen LogP contribution in [0.2, 0.25) is 0 Å². The van der Waals surface area contributed by atoms with E-state index in [1.807, 2.05) is 48.3 Å². The maximum absolute atomic E-state index is 8.70. The van der Waals surface area contributed by atoms with Crippen molar-refractivity contribution in [3.63, 3.8) is 0 Å². The Balaban J connectivity index is 1.51. The van der Waals surface area contributed by atoms with Crippen LogP contribution in [0.15, 0.2) is 66.7 Å². The van der Waals surface area contributed by atoms with E-state index < -0.39 is 0 Å². The monoisotopic (exact) mass is 379 g/mol. The van der Waals surface area contributed by atoms with Crippen molar-refractivity contribution in [2.45, 2.75) is 0 Å². The lowest BCUT2D eigenvalue weighted by atomic mass is 10.0. The summed E-state index contributed by atoms with van der Waals surface area (Å²) in [5.41, 5.74) is 4.28. The number of ether oxygens (including phenoxy) is 1. The summed E-state index contributed by atoms with van der Waals surface area (Å²) in [6.45, 7) is 0. The van der Waals surface area contributed by atoms with Crippen LogP contribution in [0.25, 0.3) is 33.7 Å². The molecule has 4 nitrogen and oxygen atoms in total. The molecule has 0 saturated heterocycles. The van der Waals surface area contributed by atoms with Gasteiger partial charge in [0, 0.05) is 29.1 Å². The molecule has 0 fully saturated rings. The number of benzene rings is 4. The first kappa shape index (κ1) is 17.3. The van der Waals surface area contributed by atoms with Crippen LogP contribution in [-0.4, -0.2) is 20.1 Å². The lowest BCUT2D eigenvalue weighted by Crippen LogP contribution is -2.32. The molecule has 0 radical (unpaired) electrons. The molecule has 5 rings (SSSR count). The van der Waals surface area contributed by atoms with E-state index in [0.717, 1.165) is 33.5 Å². The van der Waals surface area contributed by atoms with E-state index in [2.05, 4.69) is 47.8 Å². The molecule has 142 valence electrons. The predicted molar refractivity (Wildman–Crippen MR) is 123 cm³/mol. The van der Waals surface area contributed by atoms with E-state index in [0.29, 0.717) is 5.96 Å². The SMILES string of the molecule is COc1ccc(NC(=N)N(C)c2ccc3cccc4c3c2C=C4)c2ccccc12. The molecular formula is C25H21N3O. The molecule has 0 aromatic heterocycles. The van der Waals surface area contributed by atoms with Crippen LogP contribution in [-0.2, 0) is 0 Å². The predicted octanol–water partition coefficient (Wildman–Crippen LogP) is 5.97. The number of hydrogen-bond acceptors (Lipinski definition) is 2. The van der Waals surface area contributed by atoms with Crippen LogP contribution < -0.4 is 15.0 Å². The minimum Gasteiger partial charge on any atom is -0.496 e. The highest BCUT2D eigenvalue weighted by atomic mass is 16.5. The molecule has 1 aliphatic rings. The van der Waals surface area contributed by atoms with E-state index in [1.54, 1.807) is 7.11 Å². The molecule has 0 atom stereocenters. The van der Waals surface area contributed by atoms with E-state index in [1.165, 1.54) is 16.3 Å². The number of guanidine groups is 1. The largest absolute Gasteiger partial charge is 0.496 e. The molecule has 0 heterocycles. The Kier molecular flexibility index (Phi) is 3.98. The van der Waals surface area contributed by atoms with Gasteiger partial charge in [-0.3, -0.25) is 5.41 Å². The molecule has 1 aliphatic carbocycles. The number of anilines is 2. The van der Waals surface area contributed by atoms with E-state index >= 15 is 0 Å². The summed E-state index contributed by atoms with van der Waals surface area (Å²) in [5, 5.41) is 16.5. The van der Waals surface area contributed by atoms with E-state index in [9.17, 15) is 0 Å². The van der Waals surface area contributed by atoms with Gasteiger partial charge in [-0.15, -0.1) is 0 Å². The van der Waals surface area contributed by atoms with Crippen LogP contribution in [0.1, 0.15) is 11.1 Å². The van der Waals surface area contributed by atoms with Gasteiger partial charge in [0.1, 0.15) is 5.75 Å². The highest BCUT2D eigenvalue weighted by Crippen LogP contribution is 2.37. The lowest BCUT2D eigenvalue weighted by Gasteiger charge is -2.24. The number of methoxy groups -OCH3 is 1. The number of rotatable bonds is 3. The normalized spacial score (nSPS) is 11.8. The number of nitrogens with zero attached hydrogens (tertiary/aromatic N) is 1. The van der Waals surface area contributed by atoms with Gasteiger partial charge in [-0.1, -0.05) is 60.7 Å². The van der Waals surface area contributed by atoms with E-state index in [-0.39, 0.29) is 0 Å². The Labute approximate surface area is 169 Å². The van der Waals surface area contributed by atoms with Crippen LogP contribution >= 0.6 is 0 Å². The Hall–Kier alpha value is -3.79. The quantitative estimate of drug-likeness (QED) is 0.300. The molecular weight excluding hydrogens is 358 g/mol. The van der Waals surface area contributed by atoms with Gasteiger partial charge >= 0.3 is 0 Å². The molecule has 0 amide bonds. The zero-order valence-electron chi connectivity index (χ0n) is 16.4. The minimum absolute atomic E-state index is 0.314. The van der Waals surface area contributed by atoms with Crippen molar-refractivity contribution in [1.29, 1.82) is 5.41 Å². The summed E-state index contributed by atoms with van der Waals surface area (Å²) in [7, 11) is 3.60. The highest BCUT2D eigenvalue weighted by molar-refractivity contribution is 6.14. The minimum atomic E-state index is 0.314. The molecule has 4 heteroatoms. The molecule has 0 spiro atoms. The smallest absolute Gasteiger partial charge is 0.199 e. The summed E-state index contributed by atoms with van der Waals surface area (Å²) in [4.78, 5) is 1.89. The summed E-state index contributed by atoms with van der Waals surface area (Å²) < 4.78 is 5.48. The Morgan fingerprint density at radius 3 is 2.55 bits per heavy atom. The van der Waals surface area contributed by atoms with Crippen molar-refractivity contribution >= 4 is 51.0 Å². The second kappa shape index (κ2) is 6.67. The lowest BCUT2D eigenvalue weighted by molar-refractivity contribution is 0.420. The third kappa shape index (κ3) is 2.72. The Bertz CT molecular complexity index is 1310. The maximum Gasteiger partial charge on any atom is 0.199 e.